The molecule has 0 aliphatic carbocycles. The van der Waals surface area contributed by atoms with Crippen LogP contribution in [0, 0.1) is 11.3 Å². The molecule has 3 rings (SSSR count). The highest BCUT2D eigenvalue weighted by Crippen LogP contribution is 2.27. The number of benzene rings is 1. The molecule has 0 unspecified atom stereocenters. The summed E-state index contributed by atoms with van der Waals surface area (Å²) >= 11 is 0. The van der Waals surface area contributed by atoms with Gasteiger partial charge < -0.3 is 10.7 Å². The van der Waals surface area contributed by atoms with Crippen LogP contribution in [-0.2, 0) is 0 Å². The quantitative estimate of drug-likeness (QED) is 0.822. The number of nitriles is 1. The maximum atomic E-state index is 11.3. The number of rotatable bonds is 2. The number of H-pyrrole nitrogens is 1. The number of aliphatic imine (C=N–C) groups is 1. The van der Waals surface area contributed by atoms with E-state index in [9.17, 15) is 4.79 Å². The minimum atomic E-state index is -0.541. The number of nitrogens with two attached hydrogens (primary N) is 1. The Hall–Kier alpha value is -3.35. The van der Waals surface area contributed by atoms with E-state index in [1.807, 2.05) is 6.08 Å². The number of nitrogens with one attached hydrogen (secondary N) is 1. The molecule has 3 N–H and O–H groups in total. The Balaban J connectivity index is 2.30. The lowest BCUT2D eigenvalue weighted by molar-refractivity contribution is 0.0996. The Morgan fingerprint density at radius 3 is 3.00 bits per heavy atom. The second-order valence-corrected chi connectivity index (χ2v) is 4.51. The smallest absolute Gasteiger partial charge is 0.265 e. The average molecular weight is 274 g/mol. The second-order valence-electron chi connectivity index (χ2n) is 4.51. The monoisotopic (exact) mass is 274 g/mol. The number of aromatic nitrogens is 1. The van der Waals surface area contributed by atoms with Crippen molar-refractivity contribution in [1.82, 2.24) is 4.98 Å². The van der Waals surface area contributed by atoms with Gasteiger partial charge >= 0.3 is 0 Å². The predicted molar refractivity (Wildman–Crippen MR) is 80.7 cm³/mol. The van der Waals surface area contributed by atoms with E-state index in [0.29, 0.717) is 11.3 Å². The Labute approximate surface area is 120 Å². The summed E-state index contributed by atoms with van der Waals surface area (Å²) in [6, 6.07) is 7.22. The van der Waals surface area contributed by atoms with Crippen molar-refractivity contribution < 1.29 is 4.79 Å². The lowest BCUT2D eigenvalue weighted by Crippen LogP contribution is -2.10. The van der Waals surface area contributed by atoms with Crippen molar-refractivity contribution in [2.75, 3.05) is 0 Å². The highest BCUT2D eigenvalue weighted by molar-refractivity contribution is 6.15. The van der Waals surface area contributed by atoms with Gasteiger partial charge in [0.1, 0.15) is 5.69 Å². The van der Waals surface area contributed by atoms with Gasteiger partial charge in [0.15, 0.2) is 0 Å². The molecule has 1 aliphatic rings. The Kier molecular flexibility index (Phi) is 3.00. The molecule has 1 aromatic carbocycles. The molecule has 0 fully saturated rings. The first-order chi connectivity index (χ1) is 10.2. The molecule has 1 aliphatic heterocycles. The second kappa shape index (κ2) is 4.97. The molecule has 5 heteroatoms. The molecule has 2 heterocycles. The molecule has 0 atom stereocenters. The molecule has 2 aromatic rings. The number of hydrogen-bond donors (Lipinski definition) is 2. The van der Waals surface area contributed by atoms with E-state index >= 15 is 0 Å². The van der Waals surface area contributed by atoms with Crippen LogP contribution in [0.1, 0.15) is 21.6 Å². The minimum absolute atomic E-state index is 0.307. The molecule has 1 amide bonds. The van der Waals surface area contributed by atoms with Crippen molar-refractivity contribution in [3.05, 3.63) is 59.1 Å². The number of primary amides is 1. The summed E-state index contributed by atoms with van der Waals surface area (Å²) < 4.78 is 0. The van der Waals surface area contributed by atoms with Gasteiger partial charge in [0.25, 0.3) is 5.91 Å². The summed E-state index contributed by atoms with van der Waals surface area (Å²) in [7, 11) is 0. The van der Waals surface area contributed by atoms with Gasteiger partial charge in [-0.3, -0.25) is 9.79 Å². The molecule has 0 radical (unpaired) electrons. The molecule has 1 aromatic heterocycles. The maximum absolute atomic E-state index is 11.3. The molecule has 0 spiro atoms. The van der Waals surface area contributed by atoms with Crippen LogP contribution >= 0.6 is 0 Å². The van der Waals surface area contributed by atoms with Gasteiger partial charge in [0.2, 0.25) is 0 Å². The van der Waals surface area contributed by atoms with Crippen molar-refractivity contribution in [2.24, 2.45) is 10.7 Å². The number of fused-ring (bicyclic) bond motifs is 1. The highest BCUT2D eigenvalue weighted by Gasteiger charge is 2.13. The van der Waals surface area contributed by atoms with E-state index < -0.39 is 5.91 Å². The zero-order chi connectivity index (χ0) is 14.8. The topological polar surface area (TPSA) is 95.0 Å². The average Bonchev–Trinajstić information content (AvgIpc) is 2.73. The Morgan fingerprint density at radius 2 is 2.24 bits per heavy atom. The van der Waals surface area contributed by atoms with Crippen LogP contribution in [0.4, 0.5) is 0 Å². The summed E-state index contributed by atoms with van der Waals surface area (Å²) in [4.78, 5) is 18.4. The Bertz CT molecular complexity index is 916. The molecular formula is C16H10N4O. The van der Waals surface area contributed by atoms with Crippen molar-refractivity contribution in [3.63, 3.8) is 0 Å². The third kappa shape index (κ3) is 2.27. The first-order valence-corrected chi connectivity index (χ1v) is 6.20. The molecular weight excluding hydrogens is 264 g/mol. The SMILES string of the molecule is N#Cc1cc(C2=CC=C=CN=C2)c2[nH]c(C(N)=O)cc2c1. The fourth-order valence-corrected chi connectivity index (χ4v) is 2.21. The molecule has 5 nitrogen and oxygen atoms in total. The minimum Gasteiger partial charge on any atom is -0.364 e. The van der Waals surface area contributed by atoms with Crippen LogP contribution in [0.25, 0.3) is 16.5 Å². The number of amides is 1. The van der Waals surface area contributed by atoms with Crippen LogP contribution in [0.15, 0.2) is 47.3 Å². The zero-order valence-corrected chi connectivity index (χ0v) is 10.9. The zero-order valence-electron chi connectivity index (χ0n) is 10.9. The van der Waals surface area contributed by atoms with Gasteiger partial charge in [-0.05, 0) is 30.4 Å². The fourth-order valence-electron chi connectivity index (χ4n) is 2.21. The van der Waals surface area contributed by atoms with Crippen molar-refractivity contribution in [3.8, 4) is 6.07 Å². The first-order valence-electron chi connectivity index (χ1n) is 6.20. The van der Waals surface area contributed by atoms with Crippen molar-refractivity contribution >= 4 is 28.6 Å². The predicted octanol–water partition coefficient (Wildman–Crippen LogP) is 2.28. The number of hydrogen-bond acceptors (Lipinski definition) is 3. The molecule has 100 valence electrons. The summed E-state index contributed by atoms with van der Waals surface area (Å²) in [6.45, 7) is 0. The maximum Gasteiger partial charge on any atom is 0.265 e. The van der Waals surface area contributed by atoms with Gasteiger partial charge in [-0.2, -0.15) is 5.26 Å². The molecule has 21 heavy (non-hydrogen) atoms. The van der Waals surface area contributed by atoms with E-state index in [0.717, 1.165) is 22.0 Å². The number of carbonyl (C=O) groups excluding carboxylic acids is 1. The van der Waals surface area contributed by atoms with Crippen LogP contribution in [-0.4, -0.2) is 17.1 Å². The van der Waals surface area contributed by atoms with Crippen LogP contribution in [0.3, 0.4) is 0 Å². The molecule has 0 saturated carbocycles. The number of allylic oxidation sites excluding steroid dienone is 3. The van der Waals surface area contributed by atoms with Crippen molar-refractivity contribution in [2.45, 2.75) is 0 Å². The van der Waals surface area contributed by atoms with Gasteiger partial charge in [-0.1, -0.05) is 0 Å². The van der Waals surface area contributed by atoms with E-state index in [4.69, 9.17) is 11.0 Å². The molecule has 0 saturated heterocycles. The van der Waals surface area contributed by atoms with Gasteiger partial charge in [0, 0.05) is 22.7 Å². The van der Waals surface area contributed by atoms with E-state index in [1.54, 1.807) is 36.7 Å². The largest absolute Gasteiger partial charge is 0.364 e. The first kappa shape index (κ1) is 12.7. The third-order valence-electron chi connectivity index (χ3n) is 3.16. The van der Waals surface area contributed by atoms with Crippen LogP contribution in [0.5, 0.6) is 0 Å². The van der Waals surface area contributed by atoms with E-state index in [1.165, 1.54) is 0 Å². The Morgan fingerprint density at radius 1 is 1.38 bits per heavy atom. The van der Waals surface area contributed by atoms with E-state index in [-0.39, 0.29) is 0 Å². The highest BCUT2D eigenvalue weighted by atomic mass is 16.1. The van der Waals surface area contributed by atoms with Gasteiger partial charge in [-0.25, -0.2) is 0 Å². The van der Waals surface area contributed by atoms with Gasteiger partial charge in [-0.15, -0.1) is 5.73 Å². The third-order valence-corrected chi connectivity index (χ3v) is 3.16. The van der Waals surface area contributed by atoms with Crippen LogP contribution in [0.2, 0.25) is 0 Å². The lowest BCUT2D eigenvalue weighted by Gasteiger charge is -2.04. The van der Waals surface area contributed by atoms with Gasteiger partial charge in [0.05, 0.1) is 23.3 Å². The van der Waals surface area contributed by atoms with Crippen LogP contribution < -0.4 is 5.73 Å². The standard InChI is InChI=1S/C16H10N4O/c17-8-10-5-12-7-14(16(18)21)20-15(12)13(6-10)11-3-1-2-4-19-9-11/h1,3-7,9,20H,(H2,18,21). The summed E-state index contributed by atoms with van der Waals surface area (Å²) in [5.74, 6) is -0.541. The van der Waals surface area contributed by atoms with E-state index in [2.05, 4.69) is 21.8 Å². The summed E-state index contributed by atoms with van der Waals surface area (Å²) in [5.41, 5.74) is 11.3. The van der Waals surface area contributed by atoms with Crippen molar-refractivity contribution in [1.29, 1.82) is 5.26 Å². The number of aromatic amines is 1. The molecule has 0 bridgehead atoms. The normalized spacial score (nSPS) is 13.0. The fraction of sp³-hybridized carbons (Fsp3) is 0. The number of carbonyl (C=O) groups is 1. The number of nitrogens with zero attached hydrogens (tertiary/aromatic N) is 2. The lowest BCUT2D eigenvalue weighted by atomic mass is 10.0. The summed E-state index contributed by atoms with van der Waals surface area (Å²) in [6.07, 6.45) is 6.81. The summed E-state index contributed by atoms with van der Waals surface area (Å²) in [5, 5.41) is 9.92.